The maximum absolute atomic E-state index is 12.5. The first-order valence-electron chi connectivity index (χ1n) is 18.0. The summed E-state index contributed by atoms with van der Waals surface area (Å²) in [6.45, 7) is 4.47. The zero-order chi connectivity index (χ0) is 32.0. The lowest BCUT2D eigenvalue weighted by molar-refractivity contribution is -0.130. The molecule has 0 aliphatic heterocycles. The smallest absolute Gasteiger partial charge is 0.267 e. The molecule has 0 heterocycles. The quantitative estimate of drug-likeness (QED) is 0.0334. The largest absolute Gasteiger partial charge is 0.387 e. The number of allylic oxidation sites excluding steroid dienone is 1. The molecule has 3 atom stereocenters. The summed E-state index contributed by atoms with van der Waals surface area (Å²) in [7, 11) is -4.43. The molecule has 8 heteroatoms. The Labute approximate surface area is 265 Å². The molecular formula is C35H69NO6S. The minimum Gasteiger partial charge on any atom is -0.387 e. The lowest BCUT2D eigenvalue weighted by atomic mass is 10.0. The number of unbranched alkanes of at least 4 members (excludes halogenated alkanes) is 23. The lowest BCUT2D eigenvalue weighted by Crippen LogP contribution is -2.50. The van der Waals surface area contributed by atoms with Gasteiger partial charge in [-0.3, -0.25) is 9.35 Å². The number of hydrogen-bond donors (Lipinski definition) is 4. The molecule has 3 unspecified atom stereocenters. The van der Waals surface area contributed by atoms with Gasteiger partial charge in [0.1, 0.15) is 6.10 Å². The van der Waals surface area contributed by atoms with Crippen LogP contribution in [0, 0.1) is 0 Å². The Kier molecular flexibility index (Phi) is 29.1. The Hall–Kier alpha value is -0.960. The second-order valence-electron chi connectivity index (χ2n) is 12.7. The first kappa shape index (κ1) is 42.0. The standard InChI is InChI=1S/C35H69NO6S/c1-3-5-7-9-11-13-15-16-17-18-19-20-22-23-25-27-29-33(37)32(31-43(40,41)42)36-35(39)34(38)30-28-26-24-21-14-12-10-8-6-4-2/h27,29,32-34,37-38H,3-26,28,30-31H2,1-2H3,(H,36,39)(H,40,41,42)/b29-27+. The van der Waals surface area contributed by atoms with Crippen LogP contribution in [0.25, 0.3) is 0 Å². The van der Waals surface area contributed by atoms with Crippen molar-refractivity contribution in [1.82, 2.24) is 5.32 Å². The molecule has 0 aromatic heterocycles. The van der Waals surface area contributed by atoms with E-state index in [1.165, 1.54) is 122 Å². The van der Waals surface area contributed by atoms with E-state index < -0.39 is 40.0 Å². The van der Waals surface area contributed by atoms with Crippen molar-refractivity contribution in [2.45, 2.75) is 199 Å². The van der Waals surface area contributed by atoms with Crippen molar-refractivity contribution in [3.05, 3.63) is 12.2 Å². The van der Waals surface area contributed by atoms with E-state index >= 15 is 0 Å². The van der Waals surface area contributed by atoms with E-state index in [-0.39, 0.29) is 6.42 Å². The van der Waals surface area contributed by atoms with Gasteiger partial charge in [0.15, 0.2) is 0 Å². The van der Waals surface area contributed by atoms with E-state index in [4.69, 9.17) is 0 Å². The predicted molar refractivity (Wildman–Crippen MR) is 181 cm³/mol. The molecule has 0 aromatic rings. The Bertz CT molecular complexity index is 757. The molecule has 0 rings (SSSR count). The molecule has 0 aliphatic rings. The summed E-state index contributed by atoms with van der Waals surface area (Å²) in [6, 6.07) is -1.22. The molecule has 0 aliphatic carbocycles. The van der Waals surface area contributed by atoms with E-state index in [1.54, 1.807) is 6.08 Å². The summed E-state index contributed by atoms with van der Waals surface area (Å²) in [6.07, 6.45) is 31.3. The van der Waals surface area contributed by atoms with E-state index in [1.807, 2.05) is 0 Å². The Morgan fingerprint density at radius 2 is 1.00 bits per heavy atom. The third kappa shape index (κ3) is 29.5. The van der Waals surface area contributed by atoms with E-state index in [9.17, 15) is 28.0 Å². The molecule has 1 amide bonds. The van der Waals surface area contributed by atoms with E-state index in [0.717, 1.165) is 38.5 Å². The highest BCUT2D eigenvalue weighted by atomic mass is 32.2. The van der Waals surface area contributed by atoms with Crippen LogP contribution >= 0.6 is 0 Å². The van der Waals surface area contributed by atoms with Crippen molar-refractivity contribution < 1.29 is 28.0 Å². The molecule has 0 saturated heterocycles. The molecule has 4 N–H and O–H groups in total. The Balaban J connectivity index is 4.11. The van der Waals surface area contributed by atoms with E-state index in [0.29, 0.717) is 6.42 Å². The van der Waals surface area contributed by atoms with Gasteiger partial charge in [0, 0.05) is 0 Å². The van der Waals surface area contributed by atoms with Crippen LogP contribution in [0.1, 0.15) is 181 Å². The topological polar surface area (TPSA) is 124 Å². The summed E-state index contributed by atoms with van der Waals surface area (Å²) in [5.41, 5.74) is 0. The molecule has 0 saturated carbocycles. The second-order valence-corrected chi connectivity index (χ2v) is 14.2. The summed E-state index contributed by atoms with van der Waals surface area (Å²) in [4.78, 5) is 12.5. The number of carbonyl (C=O) groups is 1. The Morgan fingerprint density at radius 1 is 0.628 bits per heavy atom. The number of aliphatic hydroxyl groups excluding tert-OH is 2. The number of amides is 1. The third-order valence-corrected chi connectivity index (χ3v) is 9.10. The van der Waals surface area contributed by atoms with Gasteiger partial charge in [0.2, 0.25) is 5.91 Å². The second kappa shape index (κ2) is 29.7. The highest BCUT2D eigenvalue weighted by Gasteiger charge is 2.27. The predicted octanol–water partition coefficient (Wildman–Crippen LogP) is 8.82. The van der Waals surface area contributed by atoms with Gasteiger partial charge in [-0.25, -0.2) is 0 Å². The van der Waals surface area contributed by atoms with Crippen molar-refractivity contribution in [2.24, 2.45) is 0 Å². The highest BCUT2D eigenvalue weighted by molar-refractivity contribution is 7.85. The minimum absolute atomic E-state index is 0.284. The lowest BCUT2D eigenvalue weighted by Gasteiger charge is -2.22. The summed E-state index contributed by atoms with van der Waals surface area (Å²) in [5, 5.41) is 23.2. The maximum atomic E-state index is 12.5. The zero-order valence-electron chi connectivity index (χ0n) is 28.0. The van der Waals surface area contributed by atoms with Crippen LogP contribution in [0.2, 0.25) is 0 Å². The highest BCUT2D eigenvalue weighted by Crippen LogP contribution is 2.15. The van der Waals surface area contributed by atoms with Crippen LogP contribution < -0.4 is 5.32 Å². The molecule has 0 aromatic carbocycles. The molecule has 0 radical (unpaired) electrons. The average molecular weight is 632 g/mol. The number of carbonyl (C=O) groups excluding carboxylic acids is 1. The number of hydrogen-bond acceptors (Lipinski definition) is 5. The fourth-order valence-corrected chi connectivity index (χ4v) is 6.25. The number of rotatable bonds is 32. The van der Waals surface area contributed by atoms with Crippen molar-refractivity contribution >= 4 is 16.0 Å². The molecule has 43 heavy (non-hydrogen) atoms. The van der Waals surface area contributed by atoms with Crippen molar-refractivity contribution in [1.29, 1.82) is 0 Å². The zero-order valence-corrected chi connectivity index (χ0v) is 28.8. The minimum atomic E-state index is -4.43. The van der Waals surface area contributed by atoms with Gasteiger partial charge < -0.3 is 15.5 Å². The summed E-state index contributed by atoms with van der Waals surface area (Å²) < 4.78 is 32.3. The van der Waals surface area contributed by atoms with Crippen LogP contribution in [0.15, 0.2) is 12.2 Å². The fraction of sp³-hybridized carbons (Fsp3) is 0.914. The van der Waals surface area contributed by atoms with E-state index in [2.05, 4.69) is 19.2 Å². The van der Waals surface area contributed by atoms with Gasteiger partial charge in [-0.2, -0.15) is 8.42 Å². The molecule has 0 fully saturated rings. The Morgan fingerprint density at radius 3 is 1.40 bits per heavy atom. The van der Waals surface area contributed by atoms with Gasteiger partial charge >= 0.3 is 0 Å². The first-order chi connectivity index (χ1) is 20.7. The molecular weight excluding hydrogens is 562 g/mol. The van der Waals surface area contributed by atoms with Gasteiger partial charge in [0.25, 0.3) is 10.1 Å². The molecule has 0 spiro atoms. The third-order valence-electron chi connectivity index (χ3n) is 8.32. The summed E-state index contributed by atoms with van der Waals surface area (Å²) in [5.74, 6) is -1.53. The first-order valence-corrected chi connectivity index (χ1v) is 19.6. The van der Waals surface area contributed by atoms with Crippen LogP contribution in [0.4, 0.5) is 0 Å². The van der Waals surface area contributed by atoms with Crippen molar-refractivity contribution in [2.75, 3.05) is 5.75 Å². The summed E-state index contributed by atoms with van der Waals surface area (Å²) >= 11 is 0. The van der Waals surface area contributed by atoms with Crippen LogP contribution in [-0.2, 0) is 14.9 Å². The van der Waals surface area contributed by atoms with Crippen LogP contribution in [-0.4, -0.2) is 53.1 Å². The SMILES string of the molecule is CCCCCCCCCCCCCCCC/C=C/C(O)C(CS(=O)(=O)O)NC(=O)C(O)CCCCCCCCCCCC. The fourth-order valence-electron chi connectivity index (χ4n) is 5.51. The van der Waals surface area contributed by atoms with Crippen molar-refractivity contribution in [3.8, 4) is 0 Å². The van der Waals surface area contributed by atoms with Gasteiger partial charge in [-0.15, -0.1) is 0 Å². The van der Waals surface area contributed by atoms with Crippen LogP contribution in [0.5, 0.6) is 0 Å². The number of nitrogens with one attached hydrogen (secondary N) is 1. The van der Waals surface area contributed by atoms with Gasteiger partial charge in [0.05, 0.1) is 17.9 Å². The molecule has 0 bridgehead atoms. The average Bonchev–Trinajstić information content (AvgIpc) is 2.96. The van der Waals surface area contributed by atoms with Crippen LogP contribution in [0.3, 0.4) is 0 Å². The van der Waals surface area contributed by atoms with Crippen molar-refractivity contribution in [3.63, 3.8) is 0 Å². The van der Waals surface area contributed by atoms with Gasteiger partial charge in [-0.1, -0.05) is 174 Å². The molecule has 7 nitrogen and oxygen atoms in total. The monoisotopic (exact) mass is 631 g/mol. The number of aliphatic hydroxyl groups is 2. The normalized spacial score (nSPS) is 14.3. The molecule has 256 valence electrons. The van der Waals surface area contributed by atoms with Gasteiger partial charge in [-0.05, 0) is 19.3 Å². The maximum Gasteiger partial charge on any atom is 0.267 e.